The van der Waals surface area contributed by atoms with Gasteiger partial charge in [0.15, 0.2) is 0 Å². The van der Waals surface area contributed by atoms with Crippen LogP contribution in [0.5, 0.6) is 0 Å². The molecule has 0 aliphatic carbocycles. The molecule has 1 saturated heterocycles. The van der Waals surface area contributed by atoms with E-state index < -0.39 is 0 Å². The van der Waals surface area contributed by atoms with Gasteiger partial charge >= 0.3 is 5.96 Å². The fourth-order valence-electron chi connectivity index (χ4n) is 3.14. The average molecular weight is 343 g/mol. The summed E-state index contributed by atoms with van der Waals surface area (Å²) in [6, 6.07) is 15.0. The molecule has 3 nitrogen and oxygen atoms in total. The van der Waals surface area contributed by atoms with Crippen molar-refractivity contribution in [2.45, 2.75) is 39.2 Å². The normalized spacial score (nSPS) is 14.0. The van der Waals surface area contributed by atoms with E-state index in [1.54, 1.807) is 0 Å². The number of hydrogen-bond donors (Lipinski definition) is 1. The molecule has 1 fully saturated rings. The third-order valence-electron chi connectivity index (χ3n) is 4.44. The molecular weight excluding hydrogens is 314 g/mol. The number of para-hydroxylation sites is 1. The lowest BCUT2D eigenvalue weighted by molar-refractivity contribution is -0.511. The van der Waals surface area contributed by atoms with Crippen LogP contribution in [0.4, 0.5) is 5.69 Å². The first-order valence-corrected chi connectivity index (χ1v) is 9.96. The molecule has 0 spiro atoms. The Balaban J connectivity index is 1.86. The van der Waals surface area contributed by atoms with E-state index in [2.05, 4.69) is 69.6 Å². The fraction of sp³-hybridized carbons (Fsp3) is 0.450. The van der Waals surface area contributed by atoms with Gasteiger partial charge in [-0.2, -0.15) is 0 Å². The Hall–Kier alpha value is -1.81. The molecule has 1 aliphatic rings. The number of hydrogen-bond acceptors (Lipinski definition) is 1. The zero-order valence-corrected chi connectivity index (χ0v) is 15.4. The van der Waals surface area contributed by atoms with Crippen molar-refractivity contribution in [3.8, 4) is 0 Å². The zero-order chi connectivity index (χ0) is 16.6. The lowest BCUT2D eigenvalue weighted by Gasteiger charge is -2.22. The molecule has 0 bridgehead atoms. The van der Waals surface area contributed by atoms with Crippen LogP contribution in [0.25, 0.3) is 0 Å². The molecule has 24 heavy (non-hydrogen) atoms. The van der Waals surface area contributed by atoms with Gasteiger partial charge in [0.2, 0.25) is 0 Å². The van der Waals surface area contributed by atoms with Gasteiger partial charge in [-0.1, -0.05) is 37.6 Å². The Morgan fingerprint density at radius 3 is 2.58 bits per heavy atom. The second-order valence-electron chi connectivity index (χ2n) is 6.36. The van der Waals surface area contributed by atoms with E-state index in [0.717, 1.165) is 26.2 Å². The largest absolute Gasteiger partial charge is 0.353 e. The van der Waals surface area contributed by atoms with Gasteiger partial charge in [0.05, 0.1) is 25.3 Å². The maximum absolute atomic E-state index is 3.72. The third-order valence-corrected chi connectivity index (χ3v) is 5.30. The SMILES string of the molecule is CCCCN(Cc1cccs1)C(Nc1ccccc1)=[N+]1CCCC1. The summed E-state index contributed by atoms with van der Waals surface area (Å²) in [4.78, 5) is 3.96. The highest BCUT2D eigenvalue weighted by Crippen LogP contribution is 2.16. The maximum atomic E-state index is 3.72. The van der Waals surface area contributed by atoms with Crippen molar-refractivity contribution in [1.29, 1.82) is 0 Å². The second-order valence-corrected chi connectivity index (χ2v) is 7.40. The number of rotatable bonds is 6. The average Bonchev–Trinajstić information content (AvgIpc) is 3.31. The monoisotopic (exact) mass is 342 g/mol. The van der Waals surface area contributed by atoms with Crippen LogP contribution in [0.15, 0.2) is 47.8 Å². The van der Waals surface area contributed by atoms with Crippen LogP contribution in [-0.4, -0.2) is 35.1 Å². The summed E-state index contributed by atoms with van der Waals surface area (Å²) in [5, 5.41) is 5.89. The molecule has 0 saturated carbocycles. The van der Waals surface area contributed by atoms with Gasteiger partial charge in [-0.05, 0) is 42.8 Å². The van der Waals surface area contributed by atoms with Crippen molar-refractivity contribution < 1.29 is 4.58 Å². The van der Waals surface area contributed by atoms with Crippen molar-refractivity contribution >= 4 is 23.0 Å². The summed E-state index contributed by atoms with van der Waals surface area (Å²) in [6.07, 6.45) is 5.03. The highest BCUT2D eigenvalue weighted by molar-refractivity contribution is 7.09. The Kier molecular flexibility index (Phi) is 6.30. The van der Waals surface area contributed by atoms with Gasteiger partial charge < -0.3 is 0 Å². The zero-order valence-electron chi connectivity index (χ0n) is 14.6. The minimum absolute atomic E-state index is 0.989. The molecule has 1 aromatic carbocycles. The molecule has 128 valence electrons. The van der Waals surface area contributed by atoms with Gasteiger partial charge in [-0.25, -0.2) is 5.32 Å². The van der Waals surface area contributed by atoms with Gasteiger partial charge in [-0.15, -0.1) is 11.3 Å². The van der Waals surface area contributed by atoms with Crippen molar-refractivity contribution in [3.63, 3.8) is 0 Å². The first-order chi connectivity index (χ1) is 11.9. The number of guanidine groups is 1. The van der Waals surface area contributed by atoms with Crippen LogP contribution in [0.1, 0.15) is 37.5 Å². The minimum atomic E-state index is 0.989. The molecule has 1 N–H and O–H groups in total. The van der Waals surface area contributed by atoms with Gasteiger partial charge in [-0.3, -0.25) is 9.48 Å². The molecule has 2 heterocycles. The van der Waals surface area contributed by atoms with Crippen LogP contribution < -0.4 is 5.32 Å². The number of nitrogens with zero attached hydrogens (tertiary/aromatic N) is 2. The molecule has 0 unspecified atom stereocenters. The van der Waals surface area contributed by atoms with E-state index in [0.29, 0.717) is 0 Å². The highest BCUT2D eigenvalue weighted by Gasteiger charge is 2.25. The number of benzene rings is 1. The summed E-state index contributed by atoms with van der Waals surface area (Å²) in [7, 11) is 0. The van der Waals surface area contributed by atoms with Crippen molar-refractivity contribution in [2.24, 2.45) is 0 Å². The fourth-order valence-corrected chi connectivity index (χ4v) is 3.86. The van der Waals surface area contributed by atoms with Crippen LogP contribution in [0.3, 0.4) is 0 Å². The molecule has 1 aromatic heterocycles. The van der Waals surface area contributed by atoms with Crippen molar-refractivity contribution in [1.82, 2.24) is 4.90 Å². The summed E-state index contributed by atoms with van der Waals surface area (Å²) in [5.74, 6) is 1.28. The highest BCUT2D eigenvalue weighted by atomic mass is 32.1. The van der Waals surface area contributed by atoms with Gasteiger partial charge in [0.25, 0.3) is 0 Å². The van der Waals surface area contributed by atoms with E-state index in [1.807, 2.05) is 11.3 Å². The molecule has 0 atom stereocenters. The van der Waals surface area contributed by atoms with E-state index in [4.69, 9.17) is 0 Å². The minimum Gasteiger partial charge on any atom is -0.265 e. The summed E-state index contributed by atoms with van der Waals surface area (Å²) in [6.45, 7) is 6.66. The summed E-state index contributed by atoms with van der Waals surface area (Å²) < 4.78 is 2.52. The molecular formula is C20H28N3S+. The number of anilines is 1. The van der Waals surface area contributed by atoms with Crippen molar-refractivity contribution in [2.75, 3.05) is 25.0 Å². The summed E-state index contributed by atoms with van der Waals surface area (Å²) in [5.41, 5.74) is 1.17. The number of thiophene rings is 1. The second kappa shape index (κ2) is 8.88. The molecule has 2 aromatic rings. The lowest BCUT2D eigenvalue weighted by atomic mass is 10.3. The standard InChI is InChI=1S/C20H27N3S/c1-2-3-13-23(17-19-12-9-16-24-19)20(22-14-7-8-15-22)21-18-10-5-4-6-11-18/h4-6,9-12,16H,2-3,7-8,13-15,17H2,1H3/p+1. The molecule has 0 radical (unpaired) electrons. The number of nitrogens with one attached hydrogen (secondary N) is 1. The van der Waals surface area contributed by atoms with E-state index >= 15 is 0 Å². The maximum Gasteiger partial charge on any atom is 0.353 e. The molecule has 1 aliphatic heterocycles. The predicted molar refractivity (Wildman–Crippen MR) is 104 cm³/mol. The quantitative estimate of drug-likeness (QED) is 0.610. The molecule has 3 rings (SSSR count). The van der Waals surface area contributed by atoms with E-state index in [1.165, 1.54) is 42.2 Å². The lowest BCUT2D eigenvalue weighted by Crippen LogP contribution is -2.42. The predicted octanol–water partition coefficient (Wildman–Crippen LogP) is 4.62. The molecule has 0 amide bonds. The van der Waals surface area contributed by atoms with Crippen LogP contribution in [-0.2, 0) is 6.54 Å². The van der Waals surface area contributed by atoms with Crippen LogP contribution in [0.2, 0.25) is 0 Å². The van der Waals surface area contributed by atoms with E-state index in [9.17, 15) is 0 Å². The van der Waals surface area contributed by atoms with E-state index in [-0.39, 0.29) is 0 Å². The van der Waals surface area contributed by atoms with Crippen LogP contribution >= 0.6 is 11.3 Å². The Labute approximate surface area is 149 Å². The van der Waals surface area contributed by atoms with Gasteiger partial charge in [0, 0.05) is 4.88 Å². The van der Waals surface area contributed by atoms with Crippen LogP contribution in [0, 0.1) is 0 Å². The third kappa shape index (κ3) is 4.60. The topological polar surface area (TPSA) is 18.3 Å². The van der Waals surface area contributed by atoms with Crippen molar-refractivity contribution in [3.05, 3.63) is 52.7 Å². The molecule has 4 heteroatoms. The first kappa shape index (κ1) is 17.0. The number of unbranched alkanes of at least 4 members (excludes halogenated alkanes) is 1. The Morgan fingerprint density at radius 2 is 1.92 bits per heavy atom. The smallest absolute Gasteiger partial charge is 0.265 e. The Morgan fingerprint density at radius 1 is 1.12 bits per heavy atom. The van der Waals surface area contributed by atoms with Gasteiger partial charge in [0.1, 0.15) is 6.54 Å². The first-order valence-electron chi connectivity index (χ1n) is 9.08. The summed E-state index contributed by atoms with van der Waals surface area (Å²) >= 11 is 1.85. The Bertz CT molecular complexity index is 626.